The number of hydrogen-bond acceptors (Lipinski definition) is 6. The smallest absolute Gasteiger partial charge is 0.349 e. The van der Waals surface area contributed by atoms with E-state index in [1.807, 2.05) is 18.2 Å². The van der Waals surface area contributed by atoms with Crippen molar-refractivity contribution in [1.29, 1.82) is 0 Å². The number of carbonyl (C=O) groups excluding carboxylic acids is 1. The van der Waals surface area contributed by atoms with Gasteiger partial charge in [-0.15, -0.1) is 0 Å². The molecular weight excluding hydrogens is 408 g/mol. The van der Waals surface area contributed by atoms with E-state index in [9.17, 15) is 9.59 Å². The summed E-state index contributed by atoms with van der Waals surface area (Å²) in [6, 6.07) is 12.5. The first-order valence-corrected chi connectivity index (χ1v) is 10.1. The summed E-state index contributed by atoms with van der Waals surface area (Å²) >= 11 is 6.02. The maximum atomic E-state index is 12.9. The molecule has 0 atom stereocenters. The zero-order chi connectivity index (χ0) is 20.7. The van der Waals surface area contributed by atoms with Crippen LogP contribution in [-0.2, 0) is 6.54 Å². The summed E-state index contributed by atoms with van der Waals surface area (Å²) < 4.78 is 16.1. The second-order valence-electron chi connectivity index (χ2n) is 7.39. The maximum Gasteiger partial charge on any atom is 0.349 e. The van der Waals surface area contributed by atoms with E-state index >= 15 is 0 Å². The fourth-order valence-corrected chi connectivity index (χ4v) is 4.00. The van der Waals surface area contributed by atoms with E-state index in [-0.39, 0.29) is 18.3 Å². The van der Waals surface area contributed by atoms with E-state index in [0.717, 1.165) is 23.6 Å². The number of rotatable bonds is 3. The van der Waals surface area contributed by atoms with Crippen LogP contribution < -0.4 is 15.1 Å². The van der Waals surface area contributed by atoms with Crippen molar-refractivity contribution in [2.75, 3.05) is 33.0 Å². The summed E-state index contributed by atoms with van der Waals surface area (Å²) in [5.74, 6) is 1.22. The average molecular weight is 427 g/mol. The van der Waals surface area contributed by atoms with Crippen LogP contribution in [0, 0.1) is 0 Å². The Morgan fingerprint density at radius 2 is 1.77 bits per heavy atom. The van der Waals surface area contributed by atoms with E-state index < -0.39 is 5.63 Å². The molecule has 30 heavy (non-hydrogen) atoms. The lowest BCUT2D eigenvalue weighted by atomic mass is 10.1. The van der Waals surface area contributed by atoms with Gasteiger partial charge in [0.05, 0.1) is 0 Å². The lowest BCUT2D eigenvalue weighted by Crippen LogP contribution is -2.49. The predicted octanol–water partition coefficient (Wildman–Crippen LogP) is 3.13. The quantitative estimate of drug-likeness (QED) is 0.599. The molecule has 5 rings (SSSR count). The Labute approximate surface area is 177 Å². The molecular formula is C22H19ClN2O5. The molecule has 1 amide bonds. The number of ether oxygens (including phenoxy) is 2. The normalized spacial score (nSPS) is 16.2. The molecule has 0 N–H and O–H groups in total. The first-order valence-electron chi connectivity index (χ1n) is 9.70. The highest BCUT2D eigenvalue weighted by atomic mass is 35.5. The van der Waals surface area contributed by atoms with Crippen LogP contribution in [0.3, 0.4) is 0 Å². The van der Waals surface area contributed by atoms with Gasteiger partial charge in [0.2, 0.25) is 6.79 Å². The third-order valence-electron chi connectivity index (χ3n) is 5.43. The van der Waals surface area contributed by atoms with E-state index in [4.69, 9.17) is 25.5 Å². The number of fused-ring (bicyclic) bond motifs is 2. The summed E-state index contributed by atoms with van der Waals surface area (Å²) in [4.78, 5) is 29.2. The van der Waals surface area contributed by atoms with Crippen molar-refractivity contribution in [2.24, 2.45) is 0 Å². The van der Waals surface area contributed by atoms with Crippen LogP contribution in [0.5, 0.6) is 11.5 Å². The third kappa shape index (κ3) is 3.62. The minimum absolute atomic E-state index is 0.0361. The first kappa shape index (κ1) is 19.0. The Hall–Kier alpha value is -3.03. The summed E-state index contributed by atoms with van der Waals surface area (Å²) in [6.07, 6.45) is 0. The standard InChI is InChI=1S/C22H19ClN2O5/c23-16-2-4-18-15(10-16)11-17(22(27)30-18)21(26)25-7-5-24(6-8-25)12-14-1-3-19-20(9-14)29-13-28-19/h1-4,9-11H,5-8,12-13H2. The maximum absolute atomic E-state index is 12.9. The molecule has 0 bridgehead atoms. The zero-order valence-electron chi connectivity index (χ0n) is 16.1. The molecule has 1 fully saturated rings. The zero-order valence-corrected chi connectivity index (χ0v) is 16.9. The van der Waals surface area contributed by atoms with Gasteiger partial charge < -0.3 is 18.8 Å². The Bertz CT molecular complexity index is 1180. The highest BCUT2D eigenvalue weighted by Crippen LogP contribution is 2.32. The molecule has 1 saturated heterocycles. The van der Waals surface area contributed by atoms with Crippen molar-refractivity contribution in [3.8, 4) is 11.5 Å². The molecule has 1 aromatic heterocycles. The van der Waals surface area contributed by atoms with Gasteiger partial charge in [-0.2, -0.15) is 0 Å². The van der Waals surface area contributed by atoms with Crippen LogP contribution in [0.1, 0.15) is 15.9 Å². The SMILES string of the molecule is O=C(c1cc2cc(Cl)ccc2oc1=O)N1CCN(Cc2ccc3c(c2)OCO3)CC1. The van der Waals surface area contributed by atoms with Gasteiger partial charge in [-0.3, -0.25) is 9.69 Å². The largest absolute Gasteiger partial charge is 0.454 e. The van der Waals surface area contributed by atoms with Gasteiger partial charge in [0, 0.05) is 43.1 Å². The molecule has 0 spiro atoms. The Morgan fingerprint density at radius 3 is 2.60 bits per heavy atom. The van der Waals surface area contributed by atoms with Crippen molar-refractivity contribution in [2.45, 2.75) is 6.54 Å². The molecule has 3 heterocycles. The van der Waals surface area contributed by atoms with Crippen molar-refractivity contribution < 1.29 is 18.7 Å². The van der Waals surface area contributed by atoms with Crippen molar-refractivity contribution in [3.05, 3.63) is 69.0 Å². The average Bonchev–Trinajstić information content (AvgIpc) is 3.21. The number of hydrogen-bond donors (Lipinski definition) is 0. The Morgan fingerprint density at radius 1 is 0.967 bits per heavy atom. The fourth-order valence-electron chi connectivity index (χ4n) is 3.82. The van der Waals surface area contributed by atoms with Gasteiger partial charge >= 0.3 is 5.63 Å². The second kappa shape index (κ2) is 7.66. The summed E-state index contributed by atoms with van der Waals surface area (Å²) in [5.41, 5.74) is 0.951. The number of carbonyl (C=O) groups is 1. The van der Waals surface area contributed by atoms with Gasteiger partial charge in [-0.25, -0.2) is 4.79 Å². The van der Waals surface area contributed by atoms with Gasteiger partial charge in [-0.05, 0) is 42.0 Å². The van der Waals surface area contributed by atoms with Crippen molar-refractivity contribution in [1.82, 2.24) is 9.80 Å². The lowest BCUT2D eigenvalue weighted by molar-refractivity contribution is 0.0624. The lowest BCUT2D eigenvalue weighted by Gasteiger charge is -2.34. The van der Waals surface area contributed by atoms with Gasteiger partial charge in [0.15, 0.2) is 11.5 Å². The van der Waals surface area contributed by atoms with Crippen LogP contribution in [0.15, 0.2) is 51.7 Å². The van der Waals surface area contributed by atoms with Crippen LogP contribution in [0.2, 0.25) is 5.02 Å². The van der Waals surface area contributed by atoms with Crippen molar-refractivity contribution >= 4 is 28.5 Å². The minimum atomic E-state index is -0.627. The minimum Gasteiger partial charge on any atom is -0.454 e. The highest BCUT2D eigenvalue weighted by Gasteiger charge is 2.25. The molecule has 0 saturated carbocycles. The van der Waals surface area contributed by atoms with E-state index in [0.29, 0.717) is 42.2 Å². The van der Waals surface area contributed by atoms with E-state index in [1.54, 1.807) is 29.2 Å². The van der Waals surface area contributed by atoms with E-state index in [1.165, 1.54) is 0 Å². The molecule has 2 aromatic carbocycles. The highest BCUT2D eigenvalue weighted by molar-refractivity contribution is 6.31. The van der Waals surface area contributed by atoms with Crippen LogP contribution in [0.4, 0.5) is 0 Å². The number of amides is 1. The van der Waals surface area contributed by atoms with Crippen LogP contribution in [0.25, 0.3) is 11.0 Å². The Balaban J connectivity index is 1.26. The molecule has 154 valence electrons. The number of nitrogens with zero attached hydrogens (tertiary/aromatic N) is 2. The monoisotopic (exact) mass is 426 g/mol. The third-order valence-corrected chi connectivity index (χ3v) is 5.66. The van der Waals surface area contributed by atoms with Crippen LogP contribution >= 0.6 is 11.6 Å². The summed E-state index contributed by atoms with van der Waals surface area (Å²) in [7, 11) is 0. The van der Waals surface area contributed by atoms with Gasteiger partial charge in [0.1, 0.15) is 11.1 Å². The molecule has 0 unspecified atom stereocenters. The summed E-state index contributed by atoms with van der Waals surface area (Å²) in [5, 5.41) is 1.15. The number of piperazine rings is 1. The van der Waals surface area contributed by atoms with E-state index in [2.05, 4.69) is 4.90 Å². The molecule has 0 radical (unpaired) electrons. The molecule has 0 aliphatic carbocycles. The second-order valence-corrected chi connectivity index (χ2v) is 7.82. The van der Waals surface area contributed by atoms with Gasteiger partial charge in [0.25, 0.3) is 5.91 Å². The van der Waals surface area contributed by atoms with Crippen molar-refractivity contribution in [3.63, 3.8) is 0 Å². The molecule has 3 aromatic rings. The molecule has 2 aliphatic rings. The topological polar surface area (TPSA) is 72.2 Å². The molecule has 2 aliphatic heterocycles. The Kier molecular flexibility index (Phi) is 4.84. The number of benzene rings is 2. The number of halogens is 1. The first-order chi connectivity index (χ1) is 14.6. The fraction of sp³-hybridized carbons (Fsp3) is 0.273. The molecule has 8 heteroatoms. The molecule has 7 nitrogen and oxygen atoms in total. The summed E-state index contributed by atoms with van der Waals surface area (Å²) in [6.45, 7) is 3.52. The predicted molar refractivity (Wildman–Crippen MR) is 111 cm³/mol. The van der Waals surface area contributed by atoms with Crippen LogP contribution in [-0.4, -0.2) is 48.7 Å². The van der Waals surface area contributed by atoms with Gasteiger partial charge in [-0.1, -0.05) is 17.7 Å².